The van der Waals surface area contributed by atoms with Gasteiger partial charge in [-0.2, -0.15) is 5.26 Å². The number of hydrogen-bond donors (Lipinski definition) is 2. The lowest BCUT2D eigenvalue weighted by Gasteiger charge is -2.16. The van der Waals surface area contributed by atoms with E-state index in [2.05, 4.69) is 5.32 Å². The number of nitrogens with zero attached hydrogens (tertiary/aromatic N) is 1. The van der Waals surface area contributed by atoms with E-state index >= 15 is 0 Å². The van der Waals surface area contributed by atoms with Gasteiger partial charge in [0.2, 0.25) is 0 Å². The van der Waals surface area contributed by atoms with Crippen LogP contribution in [0.2, 0.25) is 0 Å². The molecular weight excluding hydrogens is 220 g/mol. The third kappa shape index (κ3) is 3.99. The van der Waals surface area contributed by atoms with Gasteiger partial charge in [0, 0.05) is 6.54 Å². The Balaban J connectivity index is 1.71. The zero-order chi connectivity index (χ0) is 12.3. The van der Waals surface area contributed by atoms with E-state index in [0.717, 1.165) is 25.7 Å². The summed E-state index contributed by atoms with van der Waals surface area (Å²) in [6.07, 6.45) is 2.07. The molecule has 2 fully saturated rings. The Labute approximate surface area is 101 Å². The number of carbonyl (C=O) groups excluding carboxylic acids is 1. The quantitative estimate of drug-likeness (QED) is 0.663. The first-order valence-corrected chi connectivity index (χ1v) is 6.17. The second-order valence-electron chi connectivity index (χ2n) is 4.96. The molecule has 2 unspecified atom stereocenters. The normalized spacial score (nSPS) is 22.6. The number of aliphatic hydroxyl groups excluding tert-OH is 1. The monoisotopic (exact) mass is 238 g/mol. The van der Waals surface area contributed by atoms with E-state index in [1.165, 1.54) is 0 Å². The molecule has 2 atom stereocenters. The Morgan fingerprint density at radius 1 is 1.41 bits per heavy atom. The van der Waals surface area contributed by atoms with E-state index in [9.17, 15) is 9.90 Å². The minimum absolute atomic E-state index is 0.463. The fourth-order valence-electron chi connectivity index (χ4n) is 1.53. The predicted octanol–water partition coefficient (Wildman–Crippen LogP) is 0.192. The van der Waals surface area contributed by atoms with Gasteiger partial charge in [0.25, 0.3) is 5.91 Å². The largest absolute Gasteiger partial charge is 0.380 e. The Morgan fingerprint density at radius 3 is 2.59 bits per heavy atom. The van der Waals surface area contributed by atoms with Crippen LogP contribution >= 0.6 is 0 Å². The van der Waals surface area contributed by atoms with Crippen molar-refractivity contribution in [2.45, 2.75) is 37.9 Å². The third-order valence-corrected chi connectivity index (χ3v) is 3.15. The standard InChI is InChI=1S/C12H18N2O3/c13-5-10(17-7-9-3-4-9)11(15)12(16)14-6-8-1-2-8/h8-11,15H,1-4,6-7H2,(H,14,16). The molecule has 0 heterocycles. The predicted molar refractivity (Wildman–Crippen MR) is 59.8 cm³/mol. The summed E-state index contributed by atoms with van der Waals surface area (Å²) in [4.78, 5) is 11.5. The molecule has 5 nitrogen and oxygen atoms in total. The number of rotatable bonds is 7. The molecule has 0 spiro atoms. The maximum atomic E-state index is 11.5. The van der Waals surface area contributed by atoms with Crippen LogP contribution in [0.4, 0.5) is 0 Å². The van der Waals surface area contributed by atoms with Crippen LogP contribution in [-0.2, 0) is 9.53 Å². The maximum Gasteiger partial charge on any atom is 0.252 e. The second-order valence-corrected chi connectivity index (χ2v) is 4.96. The molecule has 0 bridgehead atoms. The van der Waals surface area contributed by atoms with Crippen LogP contribution in [0.5, 0.6) is 0 Å². The average molecular weight is 238 g/mol. The van der Waals surface area contributed by atoms with E-state index in [0.29, 0.717) is 25.0 Å². The summed E-state index contributed by atoms with van der Waals surface area (Å²) < 4.78 is 5.25. The molecule has 1 amide bonds. The number of aliphatic hydroxyl groups is 1. The van der Waals surface area contributed by atoms with Crippen molar-refractivity contribution in [1.29, 1.82) is 5.26 Å². The third-order valence-electron chi connectivity index (χ3n) is 3.15. The maximum absolute atomic E-state index is 11.5. The molecule has 2 aliphatic carbocycles. The summed E-state index contributed by atoms with van der Waals surface area (Å²) in [7, 11) is 0. The number of nitriles is 1. The fraction of sp³-hybridized carbons (Fsp3) is 0.833. The number of carbonyl (C=O) groups is 1. The second kappa shape index (κ2) is 5.48. The molecule has 0 radical (unpaired) electrons. The molecular formula is C12H18N2O3. The number of ether oxygens (including phenoxy) is 1. The smallest absolute Gasteiger partial charge is 0.252 e. The molecule has 0 aromatic carbocycles. The lowest BCUT2D eigenvalue weighted by molar-refractivity contribution is -0.135. The Morgan fingerprint density at radius 2 is 2.06 bits per heavy atom. The van der Waals surface area contributed by atoms with Crippen molar-refractivity contribution in [2.75, 3.05) is 13.2 Å². The first-order chi connectivity index (χ1) is 8.20. The number of amides is 1. The molecule has 0 saturated heterocycles. The van der Waals surface area contributed by atoms with Crippen molar-refractivity contribution >= 4 is 5.91 Å². The molecule has 2 saturated carbocycles. The van der Waals surface area contributed by atoms with Crippen LogP contribution in [0.25, 0.3) is 0 Å². The van der Waals surface area contributed by atoms with Gasteiger partial charge in [-0.1, -0.05) is 0 Å². The number of nitrogens with one attached hydrogen (secondary N) is 1. The highest BCUT2D eigenvalue weighted by atomic mass is 16.5. The first kappa shape index (κ1) is 12.3. The van der Waals surface area contributed by atoms with Crippen LogP contribution < -0.4 is 5.32 Å². The van der Waals surface area contributed by atoms with E-state index in [1.807, 2.05) is 6.07 Å². The van der Waals surface area contributed by atoms with Crippen molar-refractivity contribution in [1.82, 2.24) is 5.32 Å². The molecule has 2 N–H and O–H groups in total. The molecule has 0 aromatic heterocycles. The van der Waals surface area contributed by atoms with Crippen molar-refractivity contribution in [3.05, 3.63) is 0 Å². The van der Waals surface area contributed by atoms with Crippen LogP contribution in [0.15, 0.2) is 0 Å². The van der Waals surface area contributed by atoms with Crippen LogP contribution in [0, 0.1) is 23.2 Å². The molecule has 0 aliphatic heterocycles. The first-order valence-electron chi connectivity index (χ1n) is 6.17. The molecule has 0 aromatic rings. The zero-order valence-corrected chi connectivity index (χ0v) is 9.76. The summed E-state index contributed by atoms with van der Waals surface area (Å²) in [5, 5.41) is 21.2. The highest BCUT2D eigenvalue weighted by molar-refractivity contribution is 5.81. The summed E-state index contributed by atoms with van der Waals surface area (Å²) in [5.74, 6) is 0.561. The SMILES string of the molecule is N#CC(OCC1CC1)C(O)C(=O)NCC1CC1. The van der Waals surface area contributed by atoms with E-state index in [-0.39, 0.29) is 0 Å². The van der Waals surface area contributed by atoms with Gasteiger partial charge >= 0.3 is 0 Å². The van der Waals surface area contributed by atoms with Crippen molar-refractivity contribution in [2.24, 2.45) is 11.8 Å². The van der Waals surface area contributed by atoms with E-state index in [4.69, 9.17) is 10.00 Å². The number of hydrogen-bond acceptors (Lipinski definition) is 4. The Kier molecular flexibility index (Phi) is 3.97. The van der Waals surface area contributed by atoms with Gasteiger partial charge in [0.05, 0.1) is 12.7 Å². The highest BCUT2D eigenvalue weighted by Gasteiger charge is 2.31. The van der Waals surface area contributed by atoms with Crippen molar-refractivity contribution < 1.29 is 14.6 Å². The fourth-order valence-corrected chi connectivity index (χ4v) is 1.53. The van der Waals surface area contributed by atoms with E-state index < -0.39 is 18.1 Å². The minimum atomic E-state index is -1.38. The zero-order valence-electron chi connectivity index (χ0n) is 9.76. The molecule has 5 heteroatoms. The summed E-state index contributed by atoms with van der Waals surface area (Å²) in [6, 6.07) is 1.84. The van der Waals surface area contributed by atoms with Gasteiger partial charge < -0.3 is 15.2 Å². The Bertz CT molecular complexity index is 318. The minimum Gasteiger partial charge on any atom is -0.380 e. The van der Waals surface area contributed by atoms with Crippen molar-refractivity contribution in [3.8, 4) is 6.07 Å². The Hall–Kier alpha value is -1.12. The average Bonchev–Trinajstić information content (AvgIpc) is 3.18. The molecule has 2 rings (SSSR count). The van der Waals surface area contributed by atoms with Crippen LogP contribution in [0.1, 0.15) is 25.7 Å². The summed E-state index contributed by atoms with van der Waals surface area (Å²) in [5.41, 5.74) is 0. The summed E-state index contributed by atoms with van der Waals surface area (Å²) >= 11 is 0. The summed E-state index contributed by atoms with van der Waals surface area (Å²) in [6.45, 7) is 1.06. The highest BCUT2D eigenvalue weighted by Crippen LogP contribution is 2.29. The van der Waals surface area contributed by atoms with Gasteiger partial charge in [-0.15, -0.1) is 0 Å². The van der Waals surface area contributed by atoms with Gasteiger partial charge in [-0.3, -0.25) is 4.79 Å². The van der Waals surface area contributed by atoms with Gasteiger partial charge in [-0.05, 0) is 37.5 Å². The van der Waals surface area contributed by atoms with Gasteiger partial charge in [0.1, 0.15) is 0 Å². The van der Waals surface area contributed by atoms with Crippen LogP contribution in [-0.4, -0.2) is 36.4 Å². The van der Waals surface area contributed by atoms with Crippen molar-refractivity contribution in [3.63, 3.8) is 0 Å². The lowest BCUT2D eigenvalue weighted by atomic mass is 10.2. The molecule has 94 valence electrons. The molecule has 2 aliphatic rings. The molecule has 17 heavy (non-hydrogen) atoms. The van der Waals surface area contributed by atoms with Crippen LogP contribution in [0.3, 0.4) is 0 Å². The van der Waals surface area contributed by atoms with E-state index in [1.54, 1.807) is 0 Å². The van der Waals surface area contributed by atoms with Gasteiger partial charge in [0.15, 0.2) is 12.2 Å². The van der Waals surface area contributed by atoms with Gasteiger partial charge in [-0.25, -0.2) is 0 Å². The lowest BCUT2D eigenvalue weighted by Crippen LogP contribution is -2.43. The topological polar surface area (TPSA) is 82.3 Å².